The van der Waals surface area contributed by atoms with Crippen molar-refractivity contribution in [2.45, 2.75) is 32.1 Å². The van der Waals surface area contributed by atoms with E-state index in [1.807, 2.05) is 37.3 Å². The molecule has 0 saturated heterocycles. The number of aliphatic carboxylic acids is 1. The van der Waals surface area contributed by atoms with Crippen LogP contribution in [-0.4, -0.2) is 37.6 Å². The number of carbonyl (C=O) groups is 2. The Morgan fingerprint density at radius 2 is 1.90 bits per heavy atom. The lowest BCUT2D eigenvalue weighted by atomic mass is 9.83. The first kappa shape index (κ1) is 20.2. The molecule has 1 amide bonds. The van der Waals surface area contributed by atoms with Crippen LogP contribution >= 0.6 is 0 Å². The van der Waals surface area contributed by atoms with Crippen molar-refractivity contribution in [1.29, 1.82) is 0 Å². The molecule has 1 heterocycles. The van der Waals surface area contributed by atoms with Gasteiger partial charge >= 0.3 is 5.97 Å². The van der Waals surface area contributed by atoms with Crippen LogP contribution < -0.4 is 5.73 Å². The van der Waals surface area contributed by atoms with Crippen molar-refractivity contribution in [1.82, 2.24) is 20.6 Å². The number of hydrogen-bond donors (Lipinski definition) is 3. The molecule has 2 unspecified atom stereocenters. The lowest BCUT2D eigenvalue weighted by Gasteiger charge is -2.21. The average molecular weight is 393 g/mol. The van der Waals surface area contributed by atoms with E-state index in [0.717, 1.165) is 23.1 Å². The van der Waals surface area contributed by atoms with Crippen LogP contribution in [0.4, 0.5) is 0 Å². The SMILES string of the molecule is CCCC(C(=O)O)C(Cc1ccc(-c2cccc(C(N)=O)c2)cc1)c1nn[nH]n1. The van der Waals surface area contributed by atoms with E-state index >= 15 is 0 Å². The third-order valence-corrected chi connectivity index (χ3v) is 4.99. The van der Waals surface area contributed by atoms with Gasteiger partial charge in [0.25, 0.3) is 0 Å². The number of nitrogens with two attached hydrogens (primary N) is 1. The number of amides is 1. The Kier molecular flexibility index (Phi) is 6.33. The smallest absolute Gasteiger partial charge is 0.307 e. The molecule has 0 aliphatic rings. The molecular weight excluding hydrogens is 370 g/mol. The summed E-state index contributed by atoms with van der Waals surface area (Å²) < 4.78 is 0. The standard InChI is InChI=1S/C21H23N5O3/c1-2-4-17(21(28)29)18(20-23-25-26-24-20)11-13-7-9-14(10-8-13)15-5-3-6-16(12-15)19(22)27/h3,5-10,12,17-18H,2,4,11H2,1H3,(H2,22,27)(H,28,29)(H,23,24,25,26). The zero-order valence-electron chi connectivity index (χ0n) is 16.1. The number of aromatic nitrogens is 4. The number of carboxylic acid groups (broad SMARTS) is 1. The van der Waals surface area contributed by atoms with E-state index in [1.54, 1.807) is 18.2 Å². The molecular formula is C21H23N5O3. The highest BCUT2D eigenvalue weighted by atomic mass is 16.4. The first-order valence-electron chi connectivity index (χ1n) is 9.45. The van der Waals surface area contributed by atoms with Gasteiger partial charge in [-0.3, -0.25) is 9.59 Å². The maximum atomic E-state index is 11.8. The summed E-state index contributed by atoms with van der Waals surface area (Å²) in [5.41, 5.74) is 8.60. The number of tetrazole rings is 1. The van der Waals surface area contributed by atoms with Crippen molar-refractivity contribution in [3.63, 3.8) is 0 Å². The average Bonchev–Trinajstić information content (AvgIpc) is 3.25. The fraction of sp³-hybridized carbons (Fsp3) is 0.286. The highest BCUT2D eigenvalue weighted by molar-refractivity contribution is 5.94. The quantitative estimate of drug-likeness (QED) is 0.511. The number of carbonyl (C=O) groups excluding carboxylic acids is 1. The Hall–Kier alpha value is -3.55. The van der Waals surface area contributed by atoms with E-state index in [1.165, 1.54) is 0 Å². The number of primary amides is 1. The number of benzene rings is 2. The van der Waals surface area contributed by atoms with E-state index in [-0.39, 0.29) is 5.92 Å². The predicted molar refractivity (Wildman–Crippen MR) is 107 cm³/mol. The molecule has 2 aromatic carbocycles. The molecule has 0 radical (unpaired) electrons. The maximum absolute atomic E-state index is 11.8. The number of nitrogens with zero attached hydrogens (tertiary/aromatic N) is 3. The Bertz CT molecular complexity index is 970. The molecule has 1 aromatic heterocycles. The van der Waals surface area contributed by atoms with Gasteiger partial charge in [0, 0.05) is 11.5 Å². The maximum Gasteiger partial charge on any atom is 0.307 e. The zero-order valence-corrected chi connectivity index (χ0v) is 16.1. The summed E-state index contributed by atoms with van der Waals surface area (Å²) in [6.07, 6.45) is 1.77. The highest BCUT2D eigenvalue weighted by Crippen LogP contribution is 2.30. The van der Waals surface area contributed by atoms with E-state index < -0.39 is 17.8 Å². The molecule has 0 bridgehead atoms. The summed E-state index contributed by atoms with van der Waals surface area (Å²) in [5, 5.41) is 23.8. The molecule has 8 nitrogen and oxygen atoms in total. The first-order valence-corrected chi connectivity index (χ1v) is 9.45. The first-order chi connectivity index (χ1) is 14.0. The van der Waals surface area contributed by atoms with Crippen LogP contribution in [0.15, 0.2) is 48.5 Å². The number of hydrogen-bond acceptors (Lipinski definition) is 5. The van der Waals surface area contributed by atoms with Gasteiger partial charge in [0.2, 0.25) is 5.91 Å². The third kappa shape index (κ3) is 4.84. The van der Waals surface area contributed by atoms with Crippen LogP contribution in [0, 0.1) is 5.92 Å². The van der Waals surface area contributed by atoms with Crippen LogP contribution in [0.3, 0.4) is 0 Å². The van der Waals surface area contributed by atoms with Gasteiger partial charge in [-0.25, -0.2) is 0 Å². The van der Waals surface area contributed by atoms with Crippen molar-refractivity contribution in [2.24, 2.45) is 11.7 Å². The fourth-order valence-electron chi connectivity index (χ4n) is 3.49. The number of nitrogens with one attached hydrogen (secondary N) is 1. The molecule has 0 spiro atoms. The molecule has 0 saturated carbocycles. The van der Waals surface area contributed by atoms with Gasteiger partial charge in [0.15, 0.2) is 5.82 Å². The second kappa shape index (κ2) is 9.09. The Balaban J connectivity index is 1.85. The summed E-state index contributed by atoms with van der Waals surface area (Å²) in [6.45, 7) is 1.96. The molecule has 4 N–H and O–H groups in total. The lowest BCUT2D eigenvalue weighted by molar-refractivity contribution is -0.143. The summed E-state index contributed by atoms with van der Waals surface area (Å²) in [7, 11) is 0. The van der Waals surface area contributed by atoms with Crippen LogP contribution in [0.25, 0.3) is 11.1 Å². The number of carboxylic acids is 1. The summed E-state index contributed by atoms with van der Waals surface area (Å²) in [5.74, 6) is -1.90. The van der Waals surface area contributed by atoms with Crippen LogP contribution in [-0.2, 0) is 11.2 Å². The molecule has 8 heteroatoms. The number of aromatic amines is 1. The molecule has 3 rings (SSSR count). The second-order valence-corrected chi connectivity index (χ2v) is 6.96. The van der Waals surface area contributed by atoms with E-state index in [2.05, 4.69) is 20.6 Å². The van der Waals surface area contributed by atoms with Crippen molar-refractivity contribution in [3.8, 4) is 11.1 Å². The highest BCUT2D eigenvalue weighted by Gasteiger charge is 2.31. The van der Waals surface area contributed by atoms with Gasteiger partial charge in [0.05, 0.1) is 5.92 Å². The minimum Gasteiger partial charge on any atom is -0.481 e. The van der Waals surface area contributed by atoms with Crippen molar-refractivity contribution in [3.05, 3.63) is 65.5 Å². The van der Waals surface area contributed by atoms with Gasteiger partial charge in [0.1, 0.15) is 0 Å². The molecule has 0 aliphatic carbocycles. The second-order valence-electron chi connectivity index (χ2n) is 6.96. The molecule has 0 fully saturated rings. The van der Waals surface area contributed by atoms with E-state index in [4.69, 9.17) is 5.73 Å². The Labute approximate surface area is 168 Å². The topological polar surface area (TPSA) is 135 Å². The van der Waals surface area contributed by atoms with Crippen LogP contribution in [0.5, 0.6) is 0 Å². The van der Waals surface area contributed by atoms with Gasteiger partial charge in [-0.05, 0) is 41.7 Å². The van der Waals surface area contributed by atoms with Gasteiger partial charge in [-0.2, -0.15) is 5.21 Å². The predicted octanol–water partition coefficient (Wildman–Crippen LogP) is 2.79. The minimum absolute atomic E-state index is 0.379. The Morgan fingerprint density at radius 3 is 2.48 bits per heavy atom. The van der Waals surface area contributed by atoms with E-state index in [0.29, 0.717) is 24.2 Å². The largest absolute Gasteiger partial charge is 0.481 e. The van der Waals surface area contributed by atoms with Gasteiger partial charge in [-0.15, -0.1) is 10.2 Å². The summed E-state index contributed by atoms with van der Waals surface area (Å²) in [4.78, 5) is 23.2. The lowest BCUT2D eigenvalue weighted by Crippen LogP contribution is -2.25. The molecule has 29 heavy (non-hydrogen) atoms. The van der Waals surface area contributed by atoms with Gasteiger partial charge in [-0.1, -0.05) is 55.0 Å². The van der Waals surface area contributed by atoms with Crippen molar-refractivity contribution < 1.29 is 14.7 Å². The van der Waals surface area contributed by atoms with Crippen LogP contribution in [0.1, 0.15) is 47.4 Å². The molecule has 3 aromatic rings. The van der Waals surface area contributed by atoms with Gasteiger partial charge < -0.3 is 10.8 Å². The summed E-state index contributed by atoms with van der Waals surface area (Å²) in [6, 6.07) is 14.9. The Morgan fingerprint density at radius 1 is 1.14 bits per heavy atom. The van der Waals surface area contributed by atoms with Crippen molar-refractivity contribution in [2.75, 3.05) is 0 Å². The molecule has 2 atom stereocenters. The van der Waals surface area contributed by atoms with Crippen molar-refractivity contribution >= 4 is 11.9 Å². The molecule has 150 valence electrons. The zero-order chi connectivity index (χ0) is 20.8. The monoisotopic (exact) mass is 393 g/mol. The molecule has 0 aliphatic heterocycles. The summed E-state index contributed by atoms with van der Waals surface area (Å²) >= 11 is 0. The number of rotatable bonds is 9. The van der Waals surface area contributed by atoms with Crippen LogP contribution in [0.2, 0.25) is 0 Å². The normalized spacial score (nSPS) is 13.0. The van der Waals surface area contributed by atoms with E-state index in [9.17, 15) is 14.7 Å². The fourth-order valence-corrected chi connectivity index (χ4v) is 3.49. The number of H-pyrrole nitrogens is 1. The third-order valence-electron chi connectivity index (χ3n) is 4.99. The minimum atomic E-state index is -0.860.